The van der Waals surface area contributed by atoms with Crippen molar-refractivity contribution >= 4 is 19.7 Å². The lowest BCUT2D eigenvalue weighted by molar-refractivity contribution is -0.870. The Hall–Kier alpha value is -2.03. The Labute approximate surface area is 567 Å². The summed E-state index contributed by atoms with van der Waals surface area (Å²) in [5.74, 6) is -0.482. The zero-order chi connectivity index (χ0) is 66.3. The van der Waals surface area contributed by atoms with Crippen molar-refractivity contribution in [2.45, 2.75) is 418 Å². The normalized spacial score (nSPS) is 13.6. The van der Waals surface area contributed by atoms with Gasteiger partial charge in [0.2, 0.25) is 5.91 Å². The number of ether oxygens (including phenoxy) is 1. The molecule has 536 valence electrons. The molecule has 0 rings (SSSR count). The number of rotatable bonds is 74. The fraction of sp³-hybridized carbons (Fsp3) is 0.877. The van der Waals surface area contributed by atoms with E-state index in [0.717, 1.165) is 70.6 Å². The van der Waals surface area contributed by atoms with Gasteiger partial charge in [0.15, 0.2) is 0 Å². The van der Waals surface area contributed by atoms with E-state index in [1.165, 1.54) is 302 Å². The summed E-state index contributed by atoms with van der Waals surface area (Å²) in [4.78, 5) is 38.1. The van der Waals surface area contributed by atoms with Crippen molar-refractivity contribution in [3.63, 3.8) is 0 Å². The Morgan fingerprint density at radius 2 is 0.670 bits per heavy atom. The molecule has 0 bridgehead atoms. The van der Waals surface area contributed by atoms with Crippen LogP contribution in [0.5, 0.6) is 0 Å². The van der Waals surface area contributed by atoms with Gasteiger partial charge < -0.3 is 19.4 Å². The molecule has 0 aliphatic heterocycles. The van der Waals surface area contributed by atoms with Crippen molar-refractivity contribution in [3.05, 3.63) is 48.6 Å². The highest BCUT2D eigenvalue weighted by atomic mass is 31.2. The number of nitrogens with zero attached hydrogens (tertiary/aromatic N) is 1. The van der Waals surface area contributed by atoms with E-state index in [2.05, 4.69) is 68.6 Å². The van der Waals surface area contributed by atoms with Crippen molar-refractivity contribution in [2.75, 3.05) is 40.9 Å². The summed E-state index contributed by atoms with van der Waals surface area (Å²) in [6, 6.07) is -0.848. The Bertz CT molecular complexity index is 1690. The largest absolute Gasteiger partial charge is 0.472 e. The van der Waals surface area contributed by atoms with Crippen molar-refractivity contribution in [1.82, 2.24) is 5.32 Å². The molecule has 0 aromatic carbocycles. The highest BCUT2D eigenvalue weighted by molar-refractivity contribution is 7.47. The van der Waals surface area contributed by atoms with Crippen molar-refractivity contribution < 1.29 is 37.3 Å². The van der Waals surface area contributed by atoms with Crippen molar-refractivity contribution in [1.29, 1.82) is 0 Å². The number of carbonyl (C=O) groups is 2. The first-order valence-corrected chi connectivity index (χ1v) is 41.5. The van der Waals surface area contributed by atoms with Gasteiger partial charge in [-0.1, -0.05) is 372 Å². The van der Waals surface area contributed by atoms with E-state index in [0.29, 0.717) is 23.9 Å². The van der Waals surface area contributed by atoms with E-state index < -0.39 is 20.0 Å². The van der Waals surface area contributed by atoms with Crippen LogP contribution < -0.4 is 5.32 Å². The molecule has 0 fully saturated rings. The molecule has 1 amide bonds. The minimum absolute atomic E-state index is 0.0427. The molecule has 0 spiro atoms. The van der Waals surface area contributed by atoms with Crippen LogP contribution in [0.1, 0.15) is 406 Å². The summed E-state index contributed by atoms with van der Waals surface area (Å²) < 4.78 is 31.0. The van der Waals surface area contributed by atoms with Gasteiger partial charge in [0, 0.05) is 12.8 Å². The fourth-order valence-corrected chi connectivity index (χ4v) is 12.9. The van der Waals surface area contributed by atoms with Gasteiger partial charge in [0.05, 0.1) is 33.8 Å². The minimum Gasteiger partial charge on any atom is -0.456 e. The predicted octanol–water partition coefficient (Wildman–Crippen LogP) is 25.9. The van der Waals surface area contributed by atoms with E-state index in [1.54, 1.807) is 0 Å². The summed E-state index contributed by atoms with van der Waals surface area (Å²) in [5.41, 5.74) is 0. The Morgan fingerprint density at radius 3 is 1.02 bits per heavy atom. The monoisotopic (exact) mass is 1300 g/mol. The van der Waals surface area contributed by atoms with Crippen LogP contribution in [0, 0.1) is 0 Å². The smallest absolute Gasteiger partial charge is 0.456 e. The molecule has 10 heteroatoms. The maximum absolute atomic E-state index is 13.7. The van der Waals surface area contributed by atoms with Gasteiger partial charge in [-0.2, -0.15) is 0 Å². The van der Waals surface area contributed by atoms with Crippen LogP contribution in [-0.4, -0.2) is 74.3 Å². The number of hydrogen-bond acceptors (Lipinski definition) is 6. The third-order valence-electron chi connectivity index (χ3n) is 18.3. The molecule has 0 saturated carbocycles. The van der Waals surface area contributed by atoms with Crippen LogP contribution in [0.2, 0.25) is 0 Å². The zero-order valence-electron chi connectivity index (χ0n) is 61.6. The minimum atomic E-state index is -4.46. The predicted molar refractivity (Wildman–Crippen MR) is 397 cm³/mol. The third-order valence-corrected chi connectivity index (χ3v) is 19.3. The number of unbranched alkanes of at least 4 members (excludes halogenated alkanes) is 52. The molecular weight excluding hydrogens is 1140 g/mol. The number of hydrogen-bond donors (Lipinski definition) is 2. The van der Waals surface area contributed by atoms with Crippen LogP contribution in [0.25, 0.3) is 0 Å². The Morgan fingerprint density at radius 1 is 0.385 bits per heavy atom. The average molecular weight is 1300 g/mol. The highest BCUT2D eigenvalue weighted by Crippen LogP contribution is 2.43. The number of likely N-dealkylation sites (N-methyl/N-ethyl adjacent to an activating group) is 1. The first-order chi connectivity index (χ1) is 44.4. The van der Waals surface area contributed by atoms with Gasteiger partial charge >= 0.3 is 13.8 Å². The van der Waals surface area contributed by atoms with Gasteiger partial charge in [-0.3, -0.25) is 18.6 Å². The summed E-state index contributed by atoms with van der Waals surface area (Å²) in [6.07, 6.45) is 91.5. The molecule has 0 aliphatic carbocycles. The number of phosphoric acid groups is 1. The molecule has 0 saturated heterocycles. The second kappa shape index (κ2) is 70.8. The van der Waals surface area contributed by atoms with Crippen molar-refractivity contribution in [2.24, 2.45) is 0 Å². The van der Waals surface area contributed by atoms with Crippen LogP contribution in [0.3, 0.4) is 0 Å². The first-order valence-electron chi connectivity index (χ1n) is 40.0. The molecule has 2 N–H and O–H groups in total. The summed E-state index contributed by atoms with van der Waals surface area (Å²) in [5, 5.41) is 3.09. The van der Waals surface area contributed by atoms with E-state index in [1.807, 2.05) is 27.2 Å². The lowest BCUT2D eigenvalue weighted by Crippen LogP contribution is -2.47. The second-order valence-corrected chi connectivity index (χ2v) is 30.1. The Kier molecular flexibility index (Phi) is 69.2. The maximum Gasteiger partial charge on any atom is 0.472 e. The zero-order valence-corrected chi connectivity index (χ0v) is 62.5. The molecule has 9 nitrogen and oxygen atoms in total. The van der Waals surface area contributed by atoms with Gasteiger partial charge in [0.1, 0.15) is 19.3 Å². The number of allylic oxidation sites excluding steroid dienone is 7. The van der Waals surface area contributed by atoms with Crippen LogP contribution in [-0.2, 0) is 27.9 Å². The highest BCUT2D eigenvalue weighted by Gasteiger charge is 2.30. The van der Waals surface area contributed by atoms with Crippen molar-refractivity contribution in [3.8, 4) is 0 Å². The van der Waals surface area contributed by atoms with E-state index >= 15 is 0 Å². The Balaban J connectivity index is 4.94. The van der Waals surface area contributed by atoms with E-state index in [9.17, 15) is 19.0 Å². The topological polar surface area (TPSA) is 111 Å². The van der Waals surface area contributed by atoms with Gasteiger partial charge in [0.25, 0.3) is 0 Å². The average Bonchev–Trinajstić information content (AvgIpc) is 3.45. The number of quaternary nitrogens is 1. The lowest BCUT2D eigenvalue weighted by Gasteiger charge is -2.27. The van der Waals surface area contributed by atoms with E-state index in [4.69, 9.17) is 13.8 Å². The van der Waals surface area contributed by atoms with Gasteiger partial charge in [-0.05, 0) is 70.3 Å². The molecule has 0 radical (unpaired) electrons. The quantitative estimate of drug-likeness (QED) is 0.0205. The molecule has 0 heterocycles. The molecule has 0 aromatic heterocycles. The summed E-state index contributed by atoms with van der Waals surface area (Å²) in [7, 11) is 1.52. The van der Waals surface area contributed by atoms with Gasteiger partial charge in [-0.25, -0.2) is 4.57 Å². The van der Waals surface area contributed by atoms with E-state index in [-0.39, 0.29) is 25.1 Å². The fourth-order valence-electron chi connectivity index (χ4n) is 12.1. The number of carbonyl (C=O) groups excluding carboxylic acids is 2. The van der Waals surface area contributed by atoms with Crippen LogP contribution in [0.15, 0.2) is 48.6 Å². The number of esters is 1. The molecule has 91 heavy (non-hydrogen) atoms. The molecule has 0 aliphatic rings. The number of amides is 1. The number of phosphoric ester groups is 1. The van der Waals surface area contributed by atoms with Crippen LogP contribution >= 0.6 is 7.82 Å². The third kappa shape index (κ3) is 72.1. The maximum atomic E-state index is 13.7. The van der Waals surface area contributed by atoms with Crippen LogP contribution in [0.4, 0.5) is 0 Å². The summed E-state index contributed by atoms with van der Waals surface area (Å²) >= 11 is 0. The van der Waals surface area contributed by atoms with Gasteiger partial charge in [-0.15, -0.1) is 0 Å². The second-order valence-electron chi connectivity index (χ2n) is 28.6. The number of nitrogens with one attached hydrogen (secondary N) is 1. The molecular formula is C81H156N2O7P+. The SMILES string of the molecule is CCCCC/C=C\C/C=C\C/C=C\CCCCCCCCCCCCCCCCC(=O)NC(COP(=O)(O)OCC[N+](C)(C)C)C(/C=C/CCCCCCCCCCCCC)OC(=O)CCCCCCCCCCCCCCCCCCCCCCCCCCC. The first kappa shape index (κ1) is 89.0. The molecule has 3 unspecified atom stereocenters. The molecule has 3 atom stereocenters. The summed E-state index contributed by atoms with van der Waals surface area (Å²) in [6.45, 7) is 7.06. The lowest BCUT2D eigenvalue weighted by atomic mass is 10.0. The standard InChI is InChI=1S/C81H155N2O7P/c1-7-10-13-16-19-22-25-28-30-32-34-36-38-40-41-43-44-46-48-50-52-55-58-61-64-67-70-73-80(84)82-78(77-89-91(86,87)88-76-75-83(4,5)6)79(72-69-66-63-60-57-54-27-24-21-18-15-12-9-3)90-81(85)74-71-68-65-62-59-56-53-51-49-47-45-42-39-37-35-33-31-29-26-23-20-17-14-11-8-2/h19,22,28,30,34,36,69,72,78-79H,7-18,20-21,23-27,29,31-33,35,37-68,70-71,73-77H2,1-6H3,(H-,82,84,86,87)/p+1/b22-19-,30-28-,36-34-,72-69+. The molecule has 0 aromatic rings.